The van der Waals surface area contributed by atoms with Gasteiger partial charge in [0.1, 0.15) is 6.54 Å². The van der Waals surface area contributed by atoms with E-state index in [4.69, 9.17) is 4.42 Å². The van der Waals surface area contributed by atoms with Crippen LogP contribution in [0.25, 0.3) is 11.1 Å². The van der Waals surface area contributed by atoms with Gasteiger partial charge in [0.2, 0.25) is 15.9 Å². The summed E-state index contributed by atoms with van der Waals surface area (Å²) in [6.45, 7) is 2.18. The molecule has 0 radical (unpaired) electrons. The molecule has 2 aromatic carbocycles. The predicted molar refractivity (Wildman–Crippen MR) is 121 cm³/mol. The molecule has 170 valence electrons. The number of aromatic nitrogens is 1. The number of amides is 1. The molecule has 1 amide bonds. The Morgan fingerprint density at radius 2 is 1.81 bits per heavy atom. The second-order valence-corrected chi connectivity index (χ2v) is 10.2. The minimum Gasteiger partial charge on any atom is -0.408 e. The van der Waals surface area contributed by atoms with Crippen LogP contribution in [0.2, 0.25) is 0 Å². The molecule has 0 spiro atoms. The van der Waals surface area contributed by atoms with Gasteiger partial charge in [-0.05, 0) is 49.3 Å². The van der Waals surface area contributed by atoms with Gasteiger partial charge in [-0.3, -0.25) is 9.36 Å². The van der Waals surface area contributed by atoms with Crippen LogP contribution in [0.1, 0.15) is 38.2 Å². The number of carbonyl (C=O) groups is 1. The average Bonchev–Trinajstić information content (AvgIpc) is 3.09. The van der Waals surface area contributed by atoms with E-state index in [2.05, 4.69) is 17.0 Å². The van der Waals surface area contributed by atoms with E-state index in [1.165, 1.54) is 22.8 Å². The quantitative estimate of drug-likeness (QED) is 0.567. The number of nitrogens with one attached hydrogen (secondary N) is 2. The number of nitrogens with zero attached hydrogens (tertiary/aromatic N) is 1. The molecule has 0 unspecified atom stereocenters. The number of benzene rings is 2. The highest BCUT2D eigenvalue weighted by molar-refractivity contribution is 7.89. The molecular weight excluding hydrogens is 430 g/mol. The van der Waals surface area contributed by atoms with Gasteiger partial charge in [-0.25, -0.2) is 17.9 Å². The minimum absolute atomic E-state index is 0.0115. The number of carbonyl (C=O) groups excluding carboxylic acids is 1. The Labute approximate surface area is 186 Å². The van der Waals surface area contributed by atoms with Crippen LogP contribution in [0.4, 0.5) is 0 Å². The van der Waals surface area contributed by atoms with Gasteiger partial charge in [-0.2, -0.15) is 0 Å². The number of oxazole rings is 1. The molecule has 1 saturated carbocycles. The van der Waals surface area contributed by atoms with Crippen molar-refractivity contribution in [2.24, 2.45) is 5.92 Å². The van der Waals surface area contributed by atoms with E-state index >= 15 is 0 Å². The molecule has 1 aliphatic carbocycles. The van der Waals surface area contributed by atoms with Crippen molar-refractivity contribution in [3.05, 3.63) is 64.6 Å². The van der Waals surface area contributed by atoms with Crippen LogP contribution < -0.4 is 15.8 Å². The zero-order valence-corrected chi connectivity index (χ0v) is 18.7. The zero-order valence-electron chi connectivity index (χ0n) is 17.9. The van der Waals surface area contributed by atoms with Gasteiger partial charge in [-0.1, -0.05) is 37.3 Å². The first kappa shape index (κ1) is 22.3. The molecule has 2 N–H and O–H groups in total. The number of hydrogen-bond donors (Lipinski definition) is 2. The van der Waals surface area contributed by atoms with Crippen molar-refractivity contribution in [1.82, 2.24) is 14.6 Å². The summed E-state index contributed by atoms with van der Waals surface area (Å²) in [6, 6.07) is 13.5. The van der Waals surface area contributed by atoms with E-state index < -0.39 is 15.8 Å². The van der Waals surface area contributed by atoms with Crippen molar-refractivity contribution in [1.29, 1.82) is 0 Å². The third kappa shape index (κ3) is 5.11. The Bertz CT molecular complexity index is 1260. The maximum atomic E-state index is 12.7. The standard InChI is InChI=1S/C23H27N3O5S/c1-16-7-9-18(10-8-16)25-22(27)15-26-20-12-11-19(13-21(20)31-23(26)28)32(29,30)24-14-17-5-3-2-4-6-17/h2-6,11-13,16,18,24H,7-10,14-15H2,1H3,(H,25,27). The molecule has 1 aromatic heterocycles. The first-order valence-electron chi connectivity index (χ1n) is 10.8. The molecular formula is C23H27N3O5S. The lowest BCUT2D eigenvalue weighted by molar-refractivity contribution is -0.122. The summed E-state index contributed by atoms with van der Waals surface area (Å²) >= 11 is 0. The summed E-state index contributed by atoms with van der Waals surface area (Å²) in [6.07, 6.45) is 4.03. The smallest absolute Gasteiger partial charge is 0.408 e. The Morgan fingerprint density at radius 3 is 2.53 bits per heavy atom. The second-order valence-electron chi connectivity index (χ2n) is 8.42. The van der Waals surface area contributed by atoms with Gasteiger partial charge in [0.25, 0.3) is 0 Å². The van der Waals surface area contributed by atoms with Crippen LogP contribution >= 0.6 is 0 Å². The van der Waals surface area contributed by atoms with E-state index in [-0.39, 0.29) is 35.5 Å². The summed E-state index contributed by atoms with van der Waals surface area (Å²) < 4.78 is 34.3. The van der Waals surface area contributed by atoms with Crippen molar-refractivity contribution in [2.75, 3.05) is 0 Å². The predicted octanol–water partition coefficient (Wildman–Crippen LogP) is 2.77. The van der Waals surface area contributed by atoms with Gasteiger partial charge in [0.05, 0.1) is 10.4 Å². The number of sulfonamides is 1. The Morgan fingerprint density at radius 1 is 1.09 bits per heavy atom. The first-order chi connectivity index (χ1) is 15.3. The van der Waals surface area contributed by atoms with Crippen molar-refractivity contribution in [3.63, 3.8) is 0 Å². The van der Waals surface area contributed by atoms with Crippen LogP contribution in [0, 0.1) is 5.92 Å². The number of fused-ring (bicyclic) bond motifs is 1. The molecule has 4 rings (SSSR count). The molecule has 32 heavy (non-hydrogen) atoms. The Balaban J connectivity index is 1.47. The molecule has 3 aromatic rings. The van der Waals surface area contributed by atoms with Gasteiger partial charge >= 0.3 is 5.76 Å². The normalized spacial score (nSPS) is 19.2. The maximum absolute atomic E-state index is 12.7. The molecule has 1 fully saturated rings. The van der Waals surface area contributed by atoms with Crippen LogP contribution in [-0.2, 0) is 27.9 Å². The SMILES string of the molecule is CC1CCC(NC(=O)Cn2c(=O)oc3cc(S(=O)(=O)NCc4ccccc4)ccc32)CC1. The Kier molecular flexibility index (Phi) is 6.48. The van der Waals surface area contributed by atoms with Crippen molar-refractivity contribution in [3.8, 4) is 0 Å². The largest absolute Gasteiger partial charge is 0.420 e. The second kappa shape index (κ2) is 9.30. The molecule has 0 saturated heterocycles. The Hall–Kier alpha value is -2.91. The fraction of sp³-hybridized carbons (Fsp3) is 0.391. The molecule has 1 heterocycles. The van der Waals surface area contributed by atoms with E-state index in [0.29, 0.717) is 11.4 Å². The van der Waals surface area contributed by atoms with Gasteiger partial charge in [-0.15, -0.1) is 0 Å². The molecule has 0 aliphatic heterocycles. The number of rotatable bonds is 7. The summed E-state index contributed by atoms with van der Waals surface area (Å²) in [4.78, 5) is 24.8. The summed E-state index contributed by atoms with van der Waals surface area (Å²) in [5.41, 5.74) is 1.33. The van der Waals surface area contributed by atoms with Crippen molar-refractivity contribution in [2.45, 2.75) is 56.6 Å². The van der Waals surface area contributed by atoms with E-state index in [1.807, 2.05) is 30.3 Å². The summed E-state index contributed by atoms with van der Waals surface area (Å²) in [7, 11) is -3.80. The topological polar surface area (TPSA) is 110 Å². The lowest BCUT2D eigenvalue weighted by atomic mass is 9.87. The highest BCUT2D eigenvalue weighted by atomic mass is 32.2. The summed E-state index contributed by atoms with van der Waals surface area (Å²) in [5.74, 6) is -0.272. The lowest BCUT2D eigenvalue weighted by Gasteiger charge is -2.26. The highest BCUT2D eigenvalue weighted by Gasteiger charge is 2.22. The highest BCUT2D eigenvalue weighted by Crippen LogP contribution is 2.23. The van der Waals surface area contributed by atoms with Gasteiger partial charge < -0.3 is 9.73 Å². The minimum atomic E-state index is -3.80. The summed E-state index contributed by atoms with van der Waals surface area (Å²) in [5, 5.41) is 2.99. The van der Waals surface area contributed by atoms with Crippen LogP contribution in [0.15, 0.2) is 62.6 Å². The van der Waals surface area contributed by atoms with Crippen LogP contribution in [-0.4, -0.2) is 24.9 Å². The fourth-order valence-corrected chi connectivity index (χ4v) is 5.08. The molecule has 0 atom stereocenters. The van der Waals surface area contributed by atoms with Crippen LogP contribution in [0.3, 0.4) is 0 Å². The maximum Gasteiger partial charge on any atom is 0.420 e. The monoisotopic (exact) mass is 457 g/mol. The van der Waals surface area contributed by atoms with E-state index in [9.17, 15) is 18.0 Å². The lowest BCUT2D eigenvalue weighted by Crippen LogP contribution is -2.40. The van der Waals surface area contributed by atoms with E-state index in [0.717, 1.165) is 31.2 Å². The first-order valence-corrected chi connectivity index (χ1v) is 12.3. The van der Waals surface area contributed by atoms with Gasteiger partial charge in [0.15, 0.2) is 5.58 Å². The zero-order chi connectivity index (χ0) is 22.7. The van der Waals surface area contributed by atoms with Crippen LogP contribution in [0.5, 0.6) is 0 Å². The fourth-order valence-electron chi connectivity index (χ4n) is 4.04. The average molecular weight is 458 g/mol. The van der Waals surface area contributed by atoms with Crippen molar-refractivity contribution < 1.29 is 17.6 Å². The van der Waals surface area contributed by atoms with Crippen molar-refractivity contribution >= 4 is 27.0 Å². The third-order valence-electron chi connectivity index (χ3n) is 5.94. The van der Waals surface area contributed by atoms with Gasteiger partial charge in [0, 0.05) is 18.7 Å². The third-order valence-corrected chi connectivity index (χ3v) is 7.34. The number of hydrogen-bond acceptors (Lipinski definition) is 5. The molecule has 0 bridgehead atoms. The van der Waals surface area contributed by atoms with E-state index in [1.54, 1.807) is 0 Å². The molecule has 9 heteroatoms. The molecule has 8 nitrogen and oxygen atoms in total. The molecule has 1 aliphatic rings.